The molecular formula is C31H32FN3O7. The normalized spacial score (nSPS) is 18.8. The summed E-state index contributed by atoms with van der Waals surface area (Å²) in [6.07, 6.45) is -3.37. The van der Waals surface area contributed by atoms with Crippen LogP contribution in [0, 0.1) is 6.92 Å². The van der Waals surface area contributed by atoms with Gasteiger partial charge in [0, 0.05) is 24.1 Å². The van der Waals surface area contributed by atoms with Crippen molar-refractivity contribution < 1.29 is 38.5 Å². The number of ether oxygens (including phenoxy) is 2. The number of carbonyl (C=O) groups is 3. The van der Waals surface area contributed by atoms with Crippen LogP contribution >= 0.6 is 0 Å². The van der Waals surface area contributed by atoms with Crippen molar-refractivity contribution in [3.63, 3.8) is 0 Å². The lowest BCUT2D eigenvalue weighted by Gasteiger charge is -2.30. The van der Waals surface area contributed by atoms with Gasteiger partial charge in [-0.25, -0.2) is 4.39 Å². The van der Waals surface area contributed by atoms with Gasteiger partial charge >= 0.3 is 0 Å². The highest BCUT2D eigenvalue weighted by atomic mass is 19.1. The number of nitrogens with zero attached hydrogens (tertiary/aromatic N) is 1. The number of aromatic hydroxyl groups is 1. The highest BCUT2D eigenvalue weighted by Crippen LogP contribution is 2.32. The average molecular weight is 578 g/mol. The molecular weight excluding hydrogens is 545 g/mol. The summed E-state index contributed by atoms with van der Waals surface area (Å²) in [6, 6.07) is 16.4. The largest absolute Gasteiger partial charge is 0.508 e. The molecule has 5 rings (SSSR count). The number of phenolic OH excluding ortho intramolecular Hbond substituents is 1. The lowest BCUT2D eigenvalue weighted by Crippen LogP contribution is -2.55. The van der Waals surface area contributed by atoms with Gasteiger partial charge in [0.25, 0.3) is 11.8 Å². The minimum Gasteiger partial charge on any atom is -0.508 e. The van der Waals surface area contributed by atoms with Gasteiger partial charge in [-0.1, -0.05) is 42.5 Å². The first-order chi connectivity index (χ1) is 20.2. The molecule has 2 aliphatic rings. The number of hydrogen-bond acceptors (Lipinski definition) is 7. The summed E-state index contributed by atoms with van der Waals surface area (Å²) in [4.78, 5) is 40.9. The Balaban J connectivity index is 1.31. The van der Waals surface area contributed by atoms with Gasteiger partial charge < -0.3 is 35.2 Å². The second-order valence-electron chi connectivity index (χ2n) is 10.4. The maximum Gasteiger partial charge on any atom is 0.254 e. The molecule has 0 spiro atoms. The molecule has 0 radical (unpaired) electrons. The summed E-state index contributed by atoms with van der Waals surface area (Å²) in [5.41, 5.74) is 1.99. The molecule has 1 fully saturated rings. The van der Waals surface area contributed by atoms with Gasteiger partial charge in [0.15, 0.2) is 17.6 Å². The number of hydrogen-bond donors (Lipinski definition) is 4. The van der Waals surface area contributed by atoms with Crippen molar-refractivity contribution in [1.29, 1.82) is 0 Å². The molecule has 2 heterocycles. The molecule has 10 nitrogen and oxygen atoms in total. The van der Waals surface area contributed by atoms with Crippen LogP contribution in [0.15, 0.2) is 66.7 Å². The van der Waals surface area contributed by atoms with E-state index in [-0.39, 0.29) is 44.0 Å². The number of likely N-dealkylation sites (tertiary alicyclic amines) is 1. The maximum atomic E-state index is 14.6. The van der Waals surface area contributed by atoms with Crippen molar-refractivity contribution in [2.45, 2.75) is 50.7 Å². The monoisotopic (exact) mass is 577 g/mol. The first-order valence-electron chi connectivity index (χ1n) is 13.6. The van der Waals surface area contributed by atoms with Crippen LogP contribution < -0.4 is 20.1 Å². The Bertz CT molecular complexity index is 1470. The Morgan fingerprint density at radius 2 is 1.79 bits per heavy atom. The van der Waals surface area contributed by atoms with Gasteiger partial charge in [0.1, 0.15) is 18.0 Å². The summed E-state index contributed by atoms with van der Waals surface area (Å²) in [5, 5.41) is 26.8. The van der Waals surface area contributed by atoms with Gasteiger partial charge in [-0.15, -0.1) is 0 Å². The fourth-order valence-corrected chi connectivity index (χ4v) is 5.20. The van der Waals surface area contributed by atoms with Gasteiger partial charge in [-0.05, 0) is 48.7 Å². The number of amides is 3. The summed E-state index contributed by atoms with van der Waals surface area (Å²) in [5.74, 6) is -0.944. The van der Waals surface area contributed by atoms with Crippen molar-refractivity contribution in [2.24, 2.45) is 0 Å². The molecule has 220 valence electrons. The van der Waals surface area contributed by atoms with Crippen molar-refractivity contribution in [3.05, 3.63) is 89.0 Å². The van der Waals surface area contributed by atoms with E-state index in [1.54, 1.807) is 49.4 Å². The number of fused-ring (bicyclic) bond motifs is 1. The molecule has 42 heavy (non-hydrogen) atoms. The second-order valence-corrected chi connectivity index (χ2v) is 10.4. The molecule has 4 N–H and O–H groups in total. The molecule has 1 saturated heterocycles. The maximum absolute atomic E-state index is 14.6. The Hall–Kier alpha value is -4.64. The van der Waals surface area contributed by atoms with E-state index in [1.807, 2.05) is 6.07 Å². The minimum absolute atomic E-state index is 0.0699. The minimum atomic E-state index is -1.78. The third-order valence-corrected chi connectivity index (χ3v) is 7.54. The Kier molecular flexibility index (Phi) is 8.58. The van der Waals surface area contributed by atoms with Gasteiger partial charge in [-0.2, -0.15) is 0 Å². The second kappa shape index (κ2) is 12.5. The molecule has 0 aromatic heterocycles. The number of aliphatic hydroxyl groups is 1. The summed E-state index contributed by atoms with van der Waals surface area (Å²) in [7, 11) is 0. The van der Waals surface area contributed by atoms with E-state index in [1.165, 1.54) is 18.2 Å². The Morgan fingerprint density at radius 1 is 1.02 bits per heavy atom. The zero-order chi connectivity index (χ0) is 29.8. The summed E-state index contributed by atoms with van der Waals surface area (Å²) < 4.78 is 25.3. The van der Waals surface area contributed by atoms with Crippen LogP contribution in [-0.4, -0.2) is 70.5 Å². The third-order valence-electron chi connectivity index (χ3n) is 7.54. The zero-order valence-electron chi connectivity index (χ0n) is 23.0. The molecule has 3 aromatic rings. The van der Waals surface area contributed by atoms with Crippen LogP contribution in [0.5, 0.6) is 17.2 Å². The van der Waals surface area contributed by atoms with E-state index in [9.17, 15) is 29.0 Å². The van der Waals surface area contributed by atoms with Crippen LogP contribution in [0.2, 0.25) is 0 Å². The van der Waals surface area contributed by atoms with Crippen LogP contribution in [0.25, 0.3) is 0 Å². The van der Waals surface area contributed by atoms with Crippen LogP contribution in [-0.2, 0) is 22.6 Å². The predicted octanol–water partition coefficient (Wildman–Crippen LogP) is 2.39. The lowest BCUT2D eigenvalue weighted by molar-refractivity contribution is -0.146. The Morgan fingerprint density at radius 3 is 2.57 bits per heavy atom. The Labute approximate surface area is 242 Å². The van der Waals surface area contributed by atoms with E-state index in [2.05, 4.69) is 10.6 Å². The number of halogens is 1. The van der Waals surface area contributed by atoms with Crippen molar-refractivity contribution in [3.8, 4) is 17.2 Å². The van der Waals surface area contributed by atoms with Gasteiger partial charge in [0.05, 0.1) is 12.6 Å². The van der Waals surface area contributed by atoms with E-state index >= 15 is 0 Å². The fourth-order valence-electron chi connectivity index (χ4n) is 5.20. The molecule has 4 unspecified atom stereocenters. The third kappa shape index (κ3) is 6.31. The highest BCUT2D eigenvalue weighted by Gasteiger charge is 2.43. The molecule has 0 aliphatic carbocycles. The number of benzene rings is 3. The number of carbonyl (C=O) groups excluding carboxylic acids is 3. The van der Waals surface area contributed by atoms with Crippen molar-refractivity contribution >= 4 is 17.7 Å². The number of nitrogens with one attached hydrogen (secondary N) is 2. The standard InChI is InChI=1S/C31H32FN3O7/c1-18-22(8-5-9-25(18)36)29(38)34-23(12-19-6-3-2-4-7-19)28(37)31(40)35-16-21(32)14-24(35)30(39)33-15-20-10-11-26-27(13-20)42-17-41-26/h2-11,13,21,23-24,28,36-37H,12,14-17H2,1H3,(H,33,39)(H,34,38). The highest BCUT2D eigenvalue weighted by molar-refractivity contribution is 5.97. The molecule has 2 aliphatic heterocycles. The van der Waals surface area contributed by atoms with Crippen molar-refractivity contribution in [1.82, 2.24) is 15.5 Å². The molecule has 0 saturated carbocycles. The first kappa shape index (κ1) is 28.9. The lowest BCUT2D eigenvalue weighted by atomic mass is 9.98. The van der Waals surface area contributed by atoms with Gasteiger partial charge in [0.2, 0.25) is 12.7 Å². The predicted molar refractivity (Wildman–Crippen MR) is 150 cm³/mol. The van der Waals surface area contributed by atoms with Crippen molar-refractivity contribution in [2.75, 3.05) is 13.3 Å². The zero-order valence-corrected chi connectivity index (χ0v) is 23.0. The summed E-state index contributed by atoms with van der Waals surface area (Å²) in [6.45, 7) is 1.44. The summed E-state index contributed by atoms with van der Waals surface area (Å²) >= 11 is 0. The molecule has 3 aromatic carbocycles. The number of alkyl halides is 1. The fraction of sp³-hybridized carbons (Fsp3) is 0.323. The molecule has 11 heteroatoms. The van der Waals surface area contributed by atoms with E-state index < -0.39 is 42.1 Å². The van der Waals surface area contributed by atoms with E-state index in [0.29, 0.717) is 17.1 Å². The van der Waals surface area contributed by atoms with Crippen LogP contribution in [0.3, 0.4) is 0 Å². The van der Waals surface area contributed by atoms with Crippen LogP contribution in [0.4, 0.5) is 4.39 Å². The SMILES string of the molecule is Cc1c(O)cccc1C(=O)NC(Cc1ccccc1)C(O)C(=O)N1CC(F)CC1C(=O)NCc1ccc2c(c1)OCO2. The van der Waals surface area contributed by atoms with Gasteiger partial charge in [-0.3, -0.25) is 14.4 Å². The molecule has 0 bridgehead atoms. The molecule has 4 atom stereocenters. The van der Waals surface area contributed by atoms with E-state index in [4.69, 9.17) is 9.47 Å². The first-order valence-corrected chi connectivity index (χ1v) is 13.6. The number of aliphatic hydroxyl groups excluding tert-OH is 1. The number of phenols is 1. The average Bonchev–Trinajstić information content (AvgIpc) is 3.62. The smallest absolute Gasteiger partial charge is 0.254 e. The quantitative estimate of drug-likeness (QED) is 0.307. The topological polar surface area (TPSA) is 137 Å². The number of rotatable bonds is 9. The van der Waals surface area contributed by atoms with Crippen LogP contribution in [0.1, 0.15) is 33.5 Å². The van der Waals surface area contributed by atoms with E-state index in [0.717, 1.165) is 16.0 Å². The molecule has 3 amide bonds.